The van der Waals surface area contributed by atoms with Crippen LogP contribution in [0.15, 0.2) is 60.9 Å². The monoisotopic (exact) mass is 415 g/mol. The van der Waals surface area contributed by atoms with Crippen LogP contribution in [0.25, 0.3) is 11.3 Å². The molecule has 6 heteroatoms. The van der Waals surface area contributed by atoms with Gasteiger partial charge in [-0.3, -0.25) is 14.8 Å². The van der Waals surface area contributed by atoms with Crippen molar-refractivity contribution < 1.29 is 4.79 Å². The van der Waals surface area contributed by atoms with Gasteiger partial charge in [-0.2, -0.15) is 0 Å². The van der Waals surface area contributed by atoms with Crippen LogP contribution in [0, 0.1) is 0 Å². The second-order valence-corrected chi connectivity index (χ2v) is 6.54. The van der Waals surface area contributed by atoms with Crippen molar-refractivity contribution in [3.05, 3.63) is 77.2 Å². The normalized spacial score (nSPS) is 10.5. The van der Waals surface area contributed by atoms with Crippen molar-refractivity contribution in [1.82, 2.24) is 9.97 Å². The average Bonchev–Trinajstić information content (AvgIpc) is 2.65. The summed E-state index contributed by atoms with van der Waals surface area (Å²) in [6.07, 6.45) is 4.12. The van der Waals surface area contributed by atoms with Gasteiger partial charge in [0.25, 0.3) is 5.91 Å². The Balaban J connectivity index is 1.79. The highest BCUT2D eigenvalue weighted by Crippen LogP contribution is 2.29. The van der Waals surface area contributed by atoms with Crippen LogP contribution in [-0.4, -0.2) is 21.2 Å². The van der Waals surface area contributed by atoms with Crippen LogP contribution in [0.5, 0.6) is 0 Å². The summed E-state index contributed by atoms with van der Waals surface area (Å²) in [4.78, 5) is 21.0. The average molecular weight is 417 g/mol. The number of carbonyl (C=O) groups excluding carboxylic acids is 1. The Morgan fingerprint density at radius 2 is 2.00 bits per heavy atom. The number of nitrogens with one attached hydrogen (secondary N) is 1. The van der Waals surface area contributed by atoms with Gasteiger partial charge in [0.15, 0.2) is 0 Å². The number of nitrogens with zero attached hydrogens (tertiary/aromatic N) is 2. The van der Waals surface area contributed by atoms with Crippen LogP contribution in [0.4, 0.5) is 5.69 Å². The molecule has 4 nitrogen and oxygen atoms in total. The number of halogens is 2. The Bertz CT molecular complexity index is 870. The van der Waals surface area contributed by atoms with Crippen LogP contribution in [0.1, 0.15) is 16.1 Å². The fourth-order valence-corrected chi connectivity index (χ4v) is 2.95. The molecule has 2 heterocycles. The lowest BCUT2D eigenvalue weighted by atomic mass is 10.1. The van der Waals surface area contributed by atoms with Gasteiger partial charge >= 0.3 is 0 Å². The first-order chi connectivity index (χ1) is 12.2. The number of aromatic nitrogens is 2. The Morgan fingerprint density at radius 3 is 2.68 bits per heavy atom. The summed E-state index contributed by atoms with van der Waals surface area (Å²) in [5.41, 5.74) is 3.62. The summed E-state index contributed by atoms with van der Waals surface area (Å²) >= 11 is 9.64. The highest BCUT2D eigenvalue weighted by molar-refractivity contribution is 9.09. The minimum absolute atomic E-state index is 0.216. The molecule has 0 bridgehead atoms. The zero-order valence-electron chi connectivity index (χ0n) is 13.2. The zero-order chi connectivity index (χ0) is 17.6. The van der Waals surface area contributed by atoms with Gasteiger partial charge in [-0.15, -0.1) is 0 Å². The van der Waals surface area contributed by atoms with E-state index in [4.69, 9.17) is 11.6 Å². The highest BCUT2D eigenvalue weighted by atomic mass is 79.9. The number of pyridine rings is 2. The first-order valence-corrected chi connectivity index (χ1v) is 9.20. The fourth-order valence-electron chi connectivity index (χ4n) is 2.33. The number of hydrogen-bond donors (Lipinski definition) is 1. The van der Waals surface area contributed by atoms with E-state index in [0.717, 1.165) is 28.7 Å². The number of hydrogen-bond acceptors (Lipinski definition) is 3. The molecule has 0 aliphatic rings. The van der Waals surface area contributed by atoms with Crippen molar-refractivity contribution in [1.29, 1.82) is 0 Å². The Labute approximate surface area is 159 Å². The van der Waals surface area contributed by atoms with Gasteiger partial charge < -0.3 is 5.32 Å². The standard InChI is InChI=1S/C19H15BrClN3O/c20-9-8-14-5-4-13(12-23-14)19(25)24-15-6-7-17(21)16(11-15)18-3-1-2-10-22-18/h1-7,10-12H,8-9H2,(H,24,25). The van der Waals surface area contributed by atoms with Gasteiger partial charge in [0.1, 0.15) is 0 Å². The van der Waals surface area contributed by atoms with E-state index < -0.39 is 0 Å². The Morgan fingerprint density at radius 1 is 1.12 bits per heavy atom. The maximum Gasteiger partial charge on any atom is 0.257 e. The summed E-state index contributed by atoms with van der Waals surface area (Å²) < 4.78 is 0. The van der Waals surface area contributed by atoms with Gasteiger partial charge in [0.2, 0.25) is 0 Å². The third-order valence-corrected chi connectivity index (χ3v) is 4.33. The molecule has 1 amide bonds. The van der Waals surface area contributed by atoms with E-state index >= 15 is 0 Å². The number of benzene rings is 1. The Kier molecular flexibility index (Phi) is 5.79. The molecule has 3 rings (SSSR count). The van der Waals surface area contributed by atoms with E-state index in [1.807, 2.05) is 30.3 Å². The van der Waals surface area contributed by atoms with Gasteiger partial charge in [-0.05, 0) is 48.9 Å². The lowest BCUT2D eigenvalue weighted by molar-refractivity contribution is 0.102. The maximum absolute atomic E-state index is 12.4. The molecule has 0 unspecified atom stereocenters. The molecule has 0 saturated heterocycles. The third-order valence-electron chi connectivity index (χ3n) is 3.60. The molecule has 2 aromatic heterocycles. The van der Waals surface area contributed by atoms with Crippen molar-refractivity contribution >= 4 is 39.1 Å². The predicted molar refractivity (Wildman–Crippen MR) is 104 cm³/mol. The number of carbonyl (C=O) groups is 1. The summed E-state index contributed by atoms with van der Waals surface area (Å²) in [5.74, 6) is -0.216. The fraction of sp³-hybridized carbons (Fsp3) is 0.105. The van der Waals surface area contributed by atoms with E-state index in [-0.39, 0.29) is 5.91 Å². The van der Waals surface area contributed by atoms with Crippen LogP contribution < -0.4 is 5.32 Å². The molecule has 0 aliphatic carbocycles. The van der Waals surface area contributed by atoms with Gasteiger partial charge in [0, 0.05) is 34.7 Å². The topological polar surface area (TPSA) is 54.9 Å². The van der Waals surface area contributed by atoms with E-state index in [0.29, 0.717) is 16.3 Å². The molecule has 1 N–H and O–H groups in total. The molecule has 1 aromatic carbocycles. The van der Waals surface area contributed by atoms with Gasteiger partial charge in [0.05, 0.1) is 16.3 Å². The molecule has 0 atom stereocenters. The molecular weight excluding hydrogens is 402 g/mol. The second kappa shape index (κ2) is 8.23. The quantitative estimate of drug-likeness (QED) is 0.596. The number of amides is 1. The summed E-state index contributed by atoms with van der Waals surface area (Å²) in [7, 11) is 0. The first kappa shape index (κ1) is 17.6. The molecule has 0 radical (unpaired) electrons. The maximum atomic E-state index is 12.4. The largest absolute Gasteiger partial charge is 0.322 e. The molecular formula is C19H15BrClN3O. The van der Waals surface area contributed by atoms with Crippen molar-refractivity contribution in [2.45, 2.75) is 6.42 Å². The van der Waals surface area contributed by atoms with E-state index in [1.54, 1.807) is 30.6 Å². The number of anilines is 1. The van der Waals surface area contributed by atoms with Crippen LogP contribution in [0.3, 0.4) is 0 Å². The van der Waals surface area contributed by atoms with Crippen LogP contribution in [0.2, 0.25) is 5.02 Å². The summed E-state index contributed by atoms with van der Waals surface area (Å²) in [6.45, 7) is 0. The third kappa shape index (κ3) is 4.44. The highest BCUT2D eigenvalue weighted by Gasteiger charge is 2.10. The van der Waals surface area contributed by atoms with Crippen molar-refractivity contribution in [2.24, 2.45) is 0 Å². The van der Waals surface area contributed by atoms with Crippen LogP contribution >= 0.6 is 27.5 Å². The molecule has 126 valence electrons. The lowest BCUT2D eigenvalue weighted by Crippen LogP contribution is -2.12. The molecule has 3 aromatic rings. The lowest BCUT2D eigenvalue weighted by Gasteiger charge is -2.09. The van der Waals surface area contributed by atoms with E-state index in [1.165, 1.54) is 0 Å². The van der Waals surface area contributed by atoms with Crippen molar-refractivity contribution in [3.8, 4) is 11.3 Å². The smallest absolute Gasteiger partial charge is 0.257 e. The molecule has 0 fully saturated rings. The van der Waals surface area contributed by atoms with Gasteiger partial charge in [-0.25, -0.2) is 0 Å². The van der Waals surface area contributed by atoms with Crippen LogP contribution in [-0.2, 0) is 6.42 Å². The molecule has 25 heavy (non-hydrogen) atoms. The zero-order valence-corrected chi connectivity index (χ0v) is 15.6. The van der Waals surface area contributed by atoms with Crippen molar-refractivity contribution in [2.75, 3.05) is 10.6 Å². The first-order valence-electron chi connectivity index (χ1n) is 7.70. The number of aryl methyl sites for hydroxylation is 1. The Hall–Kier alpha value is -2.24. The summed E-state index contributed by atoms with van der Waals surface area (Å²) in [6, 6.07) is 14.6. The number of alkyl halides is 1. The van der Waals surface area contributed by atoms with E-state index in [9.17, 15) is 4.79 Å². The molecule has 0 saturated carbocycles. The second-order valence-electron chi connectivity index (χ2n) is 5.34. The molecule has 0 spiro atoms. The minimum atomic E-state index is -0.216. The van der Waals surface area contributed by atoms with Gasteiger partial charge in [-0.1, -0.05) is 33.6 Å². The van der Waals surface area contributed by atoms with Crippen molar-refractivity contribution in [3.63, 3.8) is 0 Å². The SMILES string of the molecule is O=C(Nc1ccc(Cl)c(-c2ccccn2)c1)c1ccc(CCBr)nc1. The molecule has 0 aliphatic heterocycles. The minimum Gasteiger partial charge on any atom is -0.322 e. The van der Waals surface area contributed by atoms with E-state index in [2.05, 4.69) is 31.2 Å². The summed E-state index contributed by atoms with van der Waals surface area (Å²) in [5, 5.41) is 4.29. The predicted octanol–water partition coefficient (Wildman–Crippen LogP) is 4.99. The number of rotatable bonds is 5.